The third-order valence-electron chi connectivity index (χ3n) is 2.82. The van der Waals surface area contributed by atoms with E-state index in [0.717, 1.165) is 71.9 Å². The molecule has 0 fully saturated rings. The lowest BCUT2D eigenvalue weighted by Crippen LogP contribution is -2.15. The molecule has 0 aliphatic carbocycles. The molecule has 0 atom stereocenters. The fourth-order valence-corrected chi connectivity index (χ4v) is 1.73. The van der Waals surface area contributed by atoms with Crippen LogP contribution in [-0.2, 0) is 18.9 Å². The molecular weight excluding hydrogens is 280 g/mol. The monoisotopic (exact) mass is 318 g/mol. The average molecular weight is 318 g/mol. The molecule has 0 saturated heterocycles. The van der Waals surface area contributed by atoms with Gasteiger partial charge in [0.2, 0.25) is 0 Å². The summed E-state index contributed by atoms with van der Waals surface area (Å²) < 4.78 is 22.2. The molecule has 0 aromatic heterocycles. The molecule has 0 N–H and O–H groups in total. The van der Waals surface area contributed by atoms with Crippen LogP contribution in [0.25, 0.3) is 0 Å². The molecule has 0 radical (unpaired) electrons. The molecule has 0 unspecified atom stereocenters. The molecule has 0 saturated carbocycles. The maximum Gasteiger partial charge on any atom is 0.0518 e. The zero-order chi connectivity index (χ0) is 16.7. The molecule has 0 aromatic rings. The highest BCUT2D eigenvalue weighted by atomic mass is 16.5. The summed E-state index contributed by atoms with van der Waals surface area (Å²) in [4.78, 5) is 0. The van der Waals surface area contributed by atoms with Crippen molar-refractivity contribution in [3.8, 4) is 0 Å². The van der Waals surface area contributed by atoms with Crippen LogP contribution in [0, 0.1) is 5.41 Å². The van der Waals surface area contributed by atoms with Crippen molar-refractivity contribution in [3.63, 3.8) is 0 Å². The Kier molecular flexibility index (Phi) is 14.3. The highest BCUT2D eigenvalue weighted by Gasteiger charge is 2.09. The molecular formula is C18H38O4. The molecule has 0 aliphatic heterocycles. The Hall–Kier alpha value is -0.160. The van der Waals surface area contributed by atoms with Gasteiger partial charge in [-0.15, -0.1) is 0 Å². The lowest BCUT2D eigenvalue weighted by molar-refractivity contribution is 0.0421. The van der Waals surface area contributed by atoms with Gasteiger partial charge in [-0.2, -0.15) is 0 Å². The van der Waals surface area contributed by atoms with E-state index in [9.17, 15) is 0 Å². The number of hydrogen-bond donors (Lipinski definition) is 0. The van der Waals surface area contributed by atoms with Gasteiger partial charge in [0.25, 0.3) is 0 Å². The van der Waals surface area contributed by atoms with Crippen molar-refractivity contribution in [1.82, 2.24) is 0 Å². The van der Waals surface area contributed by atoms with Crippen LogP contribution in [0.1, 0.15) is 60.3 Å². The van der Waals surface area contributed by atoms with E-state index in [1.807, 2.05) is 0 Å². The molecule has 0 amide bonds. The number of unbranched alkanes of at least 4 members (excludes halogenated alkanes) is 1. The van der Waals surface area contributed by atoms with Crippen LogP contribution in [0.15, 0.2) is 0 Å². The van der Waals surface area contributed by atoms with Crippen molar-refractivity contribution in [2.75, 3.05) is 46.2 Å². The first-order chi connectivity index (χ1) is 10.4. The maximum atomic E-state index is 5.59. The Labute approximate surface area is 137 Å². The standard InChI is InChI=1S/C18H38O4/c1-17(2)22-15-9-13-20-11-7-6-10-19-12-8-14-21-16-18(3,4)5/h17H,6-16H2,1-5H3. The molecule has 0 heterocycles. The Balaban J connectivity index is 3.03. The predicted octanol–water partition coefficient (Wildman–Crippen LogP) is 4.07. The van der Waals surface area contributed by atoms with E-state index >= 15 is 0 Å². The van der Waals surface area contributed by atoms with Crippen molar-refractivity contribution in [2.24, 2.45) is 5.41 Å². The van der Waals surface area contributed by atoms with Gasteiger partial charge in [0, 0.05) is 39.6 Å². The van der Waals surface area contributed by atoms with E-state index in [0.29, 0.717) is 6.10 Å². The quantitative estimate of drug-likeness (QED) is 0.427. The molecule has 0 spiro atoms. The minimum atomic E-state index is 0.252. The van der Waals surface area contributed by atoms with Crippen LogP contribution >= 0.6 is 0 Å². The topological polar surface area (TPSA) is 36.9 Å². The Bertz CT molecular complexity index is 224. The van der Waals surface area contributed by atoms with Gasteiger partial charge in [-0.1, -0.05) is 20.8 Å². The van der Waals surface area contributed by atoms with Gasteiger partial charge < -0.3 is 18.9 Å². The zero-order valence-corrected chi connectivity index (χ0v) is 15.5. The van der Waals surface area contributed by atoms with Gasteiger partial charge in [-0.25, -0.2) is 0 Å². The van der Waals surface area contributed by atoms with Crippen molar-refractivity contribution >= 4 is 0 Å². The first kappa shape index (κ1) is 21.8. The summed E-state index contributed by atoms with van der Waals surface area (Å²) in [6.07, 6.45) is 4.39. The second-order valence-electron chi connectivity index (χ2n) is 7.17. The fraction of sp³-hybridized carbons (Fsp3) is 1.00. The van der Waals surface area contributed by atoms with Gasteiger partial charge >= 0.3 is 0 Å². The van der Waals surface area contributed by atoms with Crippen LogP contribution in [0.5, 0.6) is 0 Å². The van der Waals surface area contributed by atoms with E-state index < -0.39 is 0 Å². The second-order valence-corrected chi connectivity index (χ2v) is 7.17. The number of ether oxygens (including phenoxy) is 4. The van der Waals surface area contributed by atoms with Crippen LogP contribution < -0.4 is 0 Å². The van der Waals surface area contributed by atoms with Crippen LogP contribution in [-0.4, -0.2) is 52.4 Å². The Morgan fingerprint density at radius 2 is 1.09 bits per heavy atom. The van der Waals surface area contributed by atoms with Crippen LogP contribution in [0.3, 0.4) is 0 Å². The van der Waals surface area contributed by atoms with Gasteiger partial charge in [-0.05, 0) is 44.9 Å². The third-order valence-corrected chi connectivity index (χ3v) is 2.82. The van der Waals surface area contributed by atoms with Crippen molar-refractivity contribution in [2.45, 2.75) is 66.4 Å². The van der Waals surface area contributed by atoms with E-state index in [1.165, 1.54) is 0 Å². The van der Waals surface area contributed by atoms with Gasteiger partial charge in [0.15, 0.2) is 0 Å². The molecule has 0 aromatic carbocycles. The molecule has 4 nitrogen and oxygen atoms in total. The third kappa shape index (κ3) is 19.8. The first-order valence-electron chi connectivity index (χ1n) is 8.76. The van der Waals surface area contributed by atoms with E-state index in [1.54, 1.807) is 0 Å². The summed E-state index contributed by atoms with van der Waals surface area (Å²) in [5.41, 5.74) is 0.252. The molecule has 4 heteroatoms. The summed E-state index contributed by atoms with van der Waals surface area (Å²) >= 11 is 0. The molecule has 0 rings (SSSR count). The van der Waals surface area contributed by atoms with E-state index in [4.69, 9.17) is 18.9 Å². The summed E-state index contributed by atoms with van der Waals surface area (Å²) in [6, 6.07) is 0. The smallest absolute Gasteiger partial charge is 0.0518 e. The Morgan fingerprint density at radius 3 is 1.59 bits per heavy atom. The molecule has 22 heavy (non-hydrogen) atoms. The van der Waals surface area contributed by atoms with Crippen molar-refractivity contribution < 1.29 is 18.9 Å². The average Bonchev–Trinajstić information content (AvgIpc) is 2.41. The minimum absolute atomic E-state index is 0.252. The van der Waals surface area contributed by atoms with E-state index in [2.05, 4.69) is 34.6 Å². The summed E-state index contributed by atoms with van der Waals surface area (Å²) in [7, 11) is 0. The van der Waals surface area contributed by atoms with Crippen LogP contribution in [0.4, 0.5) is 0 Å². The second kappa shape index (κ2) is 14.4. The first-order valence-corrected chi connectivity index (χ1v) is 8.76. The van der Waals surface area contributed by atoms with Gasteiger partial charge in [-0.3, -0.25) is 0 Å². The van der Waals surface area contributed by atoms with Gasteiger partial charge in [0.05, 0.1) is 12.7 Å². The number of rotatable bonds is 15. The SMILES string of the molecule is CC(C)OCCCOCCCCOCCCOCC(C)(C)C. The lowest BCUT2D eigenvalue weighted by atomic mass is 9.99. The fourth-order valence-electron chi connectivity index (χ4n) is 1.73. The largest absolute Gasteiger partial charge is 0.381 e. The Morgan fingerprint density at radius 1 is 0.636 bits per heavy atom. The summed E-state index contributed by atoms with van der Waals surface area (Å²) in [5, 5.41) is 0. The maximum absolute atomic E-state index is 5.59. The summed E-state index contributed by atoms with van der Waals surface area (Å²) in [5.74, 6) is 0. The lowest BCUT2D eigenvalue weighted by Gasteiger charge is -2.17. The van der Waals surface area contributed by atoms with Gasteiger partial charge in [0.1, 0.15) is 0 Å². The van der Waals surface area contributed by atoms with Crippen molar-refractivity contribution in [3.05, 3.63) is 0 Å². The molecule has 0 aliphatic rings. The zero-order valence-electron chi connectivity index (χ0n) is 15.5. The highest BCUT2D eigenvalue weighted by Crippen LogP contribution is 2.12. The number of hydrogen-bond acceptors (Lipinski definition) is 4. The minimum Gasteiger partial charge on any atom is -0.381 e. The van der Waals surface area contributed by atoms with Crippen molar-refractivity contribution in [1.29, 1.82) is 0 Å². The highest BCUT2D eigenvalue weighted by molar-refractivity contribution is 4.58. The molecule has 134 valence electrons. The molecule has 0 bridgehead atoms. The van der Waals surface area contributed by atoms with E-state index in [-0.39, 0.29) is 5.41 Å². The normalized spacial score (nSPS) is 12.3. The van der Waals surface area contributed by atoms with Crippen LogP contribution in [0.2, 0.25) is 0 Å². The summed E-state index contributed by atoms with van der Waals surface area (Å²) in [6.45, 7) is 16.3. The predicted molar refractivity (Wildman–Crippen MR) is 91.5 cm³/mol.